The van der Waals surface area contributed by atoms with Gasteiger partial charge in [0.15, 0.2) is 6.10 Å². The van der Waals surface area contributed by atoms with E-state index < -0.39 is 26.5 Å². The standard InChI is InChI=1S/C80H142NO8P/c1-6-8-10-12-14-16-18-20-22-24-26-28-30-32-34-36-38-39-40-41-43-45-47-49-51-53-55-57-59-61-63-65-67-69-71-73-80(83)89-78(77-88-90(84,85)87-75-74-81(3,4)5)76-86-79(82)72-70-68-66-64-62-60-58-56-54-52-50-48-46-44-42-37-35-33-31-29-27-25-23-21-19-17-15-13-11-9-7-2/h8,10,14,16,20,22,25-28,32,34,38-39,41,43,47,49,78H,6-7,9,11-13,15,17-19,21,23-24,29-31,33,35-37,40,42,44-46,48,50-77H2,1-5H3/p+1/b10-8-,16-14-,22-20-,27-25-,28-26-,34-32-,39-38-,43-41-,49-47-. The van der Waals surface area contributed by atoms with E-state index in [1.807, 2.05) is 21.1 Å². The lowest BCUT2D eigenvalue weighted by atomic mass is 10.0. The number of rotatable bonds is 69. The summed E-state index contributed by atoms with van der Waals surface area (Å²) in [5.41, 5.74) is 0. The maximum Gasteiger partial charge on any atom is 0.472 e. The van der Waals surface area contributed by atoms with E-state index in [4.69, 9.17) is 18.5 Å². The number of hydrogen-bond donors (Lipinski definition) is 1. The van der Waals surface area contributed by atoms with Gasteiger partial charge in [0, 0.05) is 12.8 Å². The predicted molar refractivity (Wildman–Crippen MR) is 390 cm³/mol. The molecule has 1 N–H and O–H groups in total. The molecule has 90 heavy (non-hydrogen) atoms. The molecule has 2 unspecified atom stereocenters. The van der Waals surface area contributed by atoms with Crippen molar-refractivity contribution in [3.63, 3.8) is 0 Å². The van der Waals surface area contributed by atoms with Crippen molar-refractivity contribution in [1.29, 1.82) is 0 Å². The minimum atomic E-state index is -4.40. The van der Waals surface area contributed by atoms with Crippen LogP contribution in [0.2, 0.25) is 0 Å². The van der Waals surface area contributed by atoms with Gasteiger partial charge in [0.05, 0.1) is 27.7 Å². The van der Waals surface area contributed by atoms with Crippen molar-refractivity contribution < 1.29 is 42.1 Å². The van der Waals surface area contributed by atoms with Crippen LogP contribution in [0.1, 0.15) is 335 Å². The van der Waals surface area contributed by atoms with Gasteiger partial charge in [0.2, 0.25) is 0 Å². The summed E-state index contributed by atoms with van der Waals surface area (Å²) < 4.78 is 34.8. The third-order valence-electron chi connectivity index (χ3n) is 16.3. The highest BCUT2D eigenvalue weighted by atomic mass is 31.2. The molecule has 10 heteroatoms. The van der Waals surface area contributed by atoms with Gasteiger partial charge in [-0.1, -0.05) is 329 Å². The van der Waals surface area contributed by atoms with Crippen molar-refractivity contribution in [2.45, 2.75) is 341 Å². The van der Waals surface area contributed by atoms with Gasteiger partial charge in [-0.05, 0) is 103 Å². The summed E-state index contributed by atoms with van der Waals surface area (Å²) >= 11 is 0. The summed E-state index contributed by atoms with van der Waals surface area (Å²) in [6, 6.07) is 0. The van der Waals surface area contributed by atoms with Crippen LogP contribution in [0.25, 0.3) is 0 Å². The number of unbranched alkanes of at least 4 members (excludes halogenated alkanes) is 37. The van der Waals surface area contributed by atoms with E-state index in [1.54, 1.807) is 0 Å². The number of esters is 2. The largest absolute Gasteiger partial charge is 0.472 e. The molecule has 0 aromatic rings. The van der Waals surface area contributed by atoms with Gasteiger partial charge in [0.1, 0.15) is 19.8 Å². The molecule has 0 aromatic carbocycles. The van der Waals surface area contributed by atoms with Crippen molar-refractivity contribution >= 4 is 19.8 Å². The third kappa shape index (κ3) is 73.7. The van der Waals surface area contributed by atoms with Crippen molar-refractivity contribution in [3.05, 3.63) is 109 Å². The van der Waals surface area contributed by atoms with Gasteiger partial charge >= 0.3 is 19.8 Å². The average molecular weight is 1280 g/mol. The first kappa shape index (κ1) is 86.7. The van der Waals surface area contributed by atoms with Crippen LogP contribution in [0.3, 0.4) is 0 Å². The van der Waals surface area contributed by atoms with Crippen molar-refractivity contribution in [3.8, 4) is 0 Å². The van der Waals surface area contributed by atoms with E-state index in [-0.39, 0.29) is 32.0 Å². The molecule has 0 bridgehead atoms. The van der Waals surface area contributed by atoms with Crippen molar-refractivity contribution in [2.24, 2.45) is 0 Å². The van der Waals surface area contributed by atoms with Crippen LogP contribution in [-0.2, 0) is 32.7 Å². The zero-order valence-electron chi connectivity index (χ0n) is 59.4. The Hall–Kier alpha value is -3.33. The van der Waals surface area contributed by atoms with E-state index >= 15 is 0 Å². The van der Waals surface area contributed by atoms with Gasteiger partial charge in [-0.2, -0.15) is 0 Å². The van der Waals surface area contributed by atoms with E-state index in [9.17, 15) is 19.0 Å². The Bertz CT molecular complexity index is 1890. The van der Waals surface area contributed by atoms with Gasteiger partial charge < -0.3 is 18.9 Å². The summed E-state index contributed by atoms with van der Waals surface area (Å²) in [6.07, 6.45) is 99.2. The average Bonchev–Trinajstić information content (AvgIpc) is 3.61. The molecule has 0 aliphatic heterocycles. The Kier molecular flexibility index (Phi) is 67.4. The second-order valence-corrected chi connectivity index (χ2v) is 27.8. The molecule has 2 atom stereocenters. The molecular weight excluding hydrogens is 1130 g/mol. The number of likely N-dealkylation sites (N-methyl/N-ethyl adjacent to an activating group) is 1. The first-order valence-electron chi connectivity index (χ1n) is 37.6. The Morgan fingerprint density at radius 3 is 0.956 bits per heavy atom. The van der Waals surface area contributed by atoms with Gasteiger partial charge in [-0.3, -0.25) is 18.6 Å². The molecule has 0 heterocycles. The van der Waals surface area contributed by atoms with Crippen LogP contribution >= 0.6 is 7.82 Å². The minimum absolute atomic E-state index is 0.0278. The Labute approximate surface area is 556 Å². The lowest BCUT2D eigenvalue weighted by Crippen LogP contribution is -2.37. The first-order chi connectivity index (χ1) is 44.0. The van der Waals surface area contributed by atoms with Crippen LogP contribution in [0, 0.1) is 0 Å². The van der Waals surface area contributed by atoms with E-state index in [2.05, 4.69) is 123 Å². The molecule has 0 fully saturated rings. The molecule has 0 spiro atoms. The second-order valence-electron chi connectivity index (χ2n) is 26.3. The summed E-state index contributed by atoms with van der Waals surface area (Å²) in [7, 11) is 1.48. The number of phosphoric acid groups is 1. The van der Waals surface area contributed by atoms with Crippen LogP contribution in [0.4, 0.5) is 0 Å². The second kappa shape index (κ2) is 70.0. The fourth-order valence-corrected chi connectivity index (χ4v) is 11.3. The third-order valence-corrected chi connectivity index (χ3v) is 17.3. The Balaban J connectivity index is 4.04. The molecular formula is C80H143NO8P+. The number of hydrogen-bond acceptors (Lipinski definition) is 7. The Morgan fingerprint density at radius 1 is 0.356 bits per heavy atom. The highest BCUT2D eigenvalue weighted by molar-refractivity contribution is 7.47. The van der Waals surface area contributed by atoms with Crippen LogP contribution < -0.4 is 0 Å². The maximum absolute atomic E-state index is 12.9. The predicted octanol–water partition coefficient (Wildman–Crippen LogP) is 24.8. The van der Waals surface area contributed by atoms with Crippen LogP contribution in [-0.4, -0.2) is 74.9 Å². The van der Waals surface area contributed by atoms with Gasteiger partial charge in [-0.15, -0.1) is 0 Å². The van der Waals surface area contributed by atoms with Crippen molar-refractivity contribution in [2.75, 3.05) is 47.5 Å². The lowest BCUT2D eigenvalue weighted by molar-refractivity contribution is -0.870. The van der Waals surface area contributed by atoms with E-state index in [0.717, 1.165) is 96.3 Å². The highest BCUT2D eigenvalue weighted by Gasteiger charge is 2.27. The SMILES string of the molecule is CC/C=C\C/C=C\C/C=C\C/C=C\C/C=C\C/C=C\C/C=C\C/C=C\CCCCCCCCCCCCC(=O)OC(COC(=O)CCCCCCCCCCCCCCCCCCCCC/C=C\CCCCCCCCCC)COP(=O)(O)OCC[N+](C)(C)C. The number of carbonyl (C=O) groups excluding carboxylic acids is 2. The number of quaternary nitrogens is 1. The molecule has 0 aromatic heterocycles. The number of nitrogens with zero attached hydrogens (tertiary/aromatic N) is 1. The number of phosphoric ester groups is 1. The highest BCUT2D eigenvalue weighted by Crippen LogP contribution is 2.43. The molecule has 0 radical (unpaired) electrons. The maximum atomic E-state index is 12.9. The molecule has 9 nitrogen and oxygen atoms in total. The monoisotopic (exact) mass is 1280 g/mol. The lowest BCUT2D eigenvalue weighted by Gasteiger charge is -2.24. The summed E-state index contributed by atoms with van der Waals surface area (Å²) in [6.45, 7) is 4.35. The minimum Gasteiger partial charge on any atom is -0.462 e. The van der Waals surface area contributed by atoms with E-state index in [1.165, 1.54) is 205 Å². The molecule has 0 saturated heterocycles. The van der Waals surface area contributed by atoms with Gasteiger partial charge in [0.25, 0.3) is 0 Å². The zero-order chi connectivity index (χ0) is 65.5. The fourth-order valence-electron chi connectivity index (χ4n) is 10.6. The quantitative estimate of drug-likeness (QED) is 0.0211. The summed E-state index contributed by atoms with van der Waals surface area (Å²) in [4.78, 5) is 35.9. The number of ether oxygens (including phenoxy) is 2. The number of allylic oxidation sites excluding steroid dienone is 18. The molecule has 0 saturated carbocycles. The molecule has 0 aliphatic carbocycles. The molecule has 520 valence electrons. The fraction of sp³-hybridized carbons (Fsp3) is 0.750. The van der Waals surface area contributed by atoms with Crippen LogP contribution in [0.5, 0.6) is 0 Å². The summed E-state index contributed by atoms with van der Waals surface area (Å²) in [5.74, 6) is -0.794. The molecule has 0 aliphatic rings. The topological polar surface area (TPSA) is 108 Å². The number of carbonyl (C=O) groups is 2. The Morgan fingerprint density at radius 2 is 0.633 bits per heavy atom. The first-order valence-corrected chi connectivity index (χ1v) is 39.1. The summed E-state index contributed by atoms with van der Waals surface area (Å²) in [5, 5.41) is 0. The smallest absolute Gasteiger partial charge is 0.462 e. The van der Waals surface area contributed by atoms with E-state index in [0.29, 0.717) is 17.4 Å². The van der Waals surface area contributed by atoms with Crippen LogP contribution in [0.15, 0.2) is 109 Å². The van der Waals surface area contributed by atoms with Crippen molar-refractivity contribution in [1.82, 2.24) is 0 Å². The molecule has 0 amide bonds. The van der Waals surface area contributed by atoms with Gasteiger partial charge in [-0.25, -0.2) is 4.57 Å². The zero-order valence-corrected chi connectivity index (χ0v) is 60.2. The normalized spacial score (nSPS) is 13.7. The molecule has 0 rings (SSSR count).